The highest BCUT2D eigenvalue weighted by molar-refractivity contribution is 6.39. The fourth-order valence-corrected chi connectivity index (χ4v) is 4.53. The van der Waals surface area contributed by atoms with Gasteiger partial charge in [0.1, 0.15) is 5.52 Å². The second kappa shape index (κ2) is 11.3. The van der Waals surface area contributed by atoms with Crippen molar-refractivity contribution in [3.63, 3.8) is 0 Å². The van der Waals surface area contributed by atoms with Crippen molar-refractivity contribution in [3.05, 3.63) is 40.6 Å². The number of hydrogen-bond donors (Lipinski definition) is 1. The maximum absolute atomic E-state index is 6.44. The van der Waals surface area contributed by atoms with Crippen LogP contribution in [0.3, 0.4) is 0 Å². The van der Waals surface area contributed by atoms with Crippen LogP contribution in [-0.2, 0) is 0 Å². The molecule has 3 aromatic rings. The lowest BCUT2D eigenvalue weighted by Gasteiger charge is -2.20. The van der Waals surface area contributed by atoms with Crippen LogP contribution in [0.5, 0.6) is 17.4 Å². The summed E-state index contributed by atoms with van der Waals surface area (Å²) < 4.78 is 18.1. The number of nitrogens with zero attached hydrogens (tertiary/aromatic N) is 3. The van der Waals surface area contributed by atoms with E-state index >= 15 is 0 Å². The van der Waals surface area contributed by atoms with Gasteiger partial charge in [-0.05, 0) is 58.3 Å². The van der Waals surface area contributed by atoms with E-state index in [1.807, 2.05) is 32.3 Å². The van der Waals surface area contributed by atoms with E-state index in [9.17, 15) is 0 Å². The Balaban J connectivity index is 1.77. The fourth-order valence-electron chi connectivity index (χ4n) is 4.07. The summed E-state index contributed by atoms with van der Waals surface area (Å²) in [6.07, 6.45) is 8.49. The lowest BCUT2D eigenvalue weighted by molar-refractivity contribution is 0.203. The molecule has 0 amide bonds. The number of halogens is 2. The highest BCUT2D eigenvalue weighted by Gasteiger charge is 2.23. The topological polar surface area (TPSA) is 68.7 Å². The van der Waals surface area contributed by atoms with E-state index in [2.05, 4.69) is 15.2 Å². The lowest BCUT2D eigenvalue weighted by atomic mass is 10.1. The lowest BCUT2D eigenvalue weighted by Crippen LogP contribution is -2.16. The van der Waals surface area contributed by atoms with Gasteiger partial charge in [-0.2, -0.15) is 0 Å². The minimum absolute atomic E-state index is 0.145. The molecule has 1 aliphatic carbocycles. The number of nitrogens with one attached hydrogen (secondary N) is 1. The Morgan fingerprint density at radius 1 is 1.12 bits per heavy atom. The van der Waals surface area contributed by atoms with Gasteiger partial charge in [0, 0.05) is 30.4 Å². The van der Waals surface area contributed by atoms with Gasteiger partial charge < -0.3 is 24.4 Å². The summed E-state index contributed by atoms with van der Waals surface area (Å²) in [6.45, 7) is 1.46. The highest BCUT2D eigenvalue weighted by atomic mass is 35.5. The van der Waals surface area contributed by atoms with Crippen LogP contribution in [0, 0.1) is 0 Å². The molecule has 0 spiro atoms. The fraction of sp³-hybridized carbons (Fsp3) is 0.440. The van der Waals surface area contributed by atoms with Crippen molar-refractivity contribution in [1.82, 2.24) is 14.9 Å². The van der Waals surface area contributed by atoms with Crippen molar-refractivity contribution in [1.29, 1.82) is 0 Å². The maximum Gasteiger partial charge on any atom is 0.216 e. The summed E-state index contributed by atoms with van der Waals surface area (Å²) >= 11 is 12.8. The van der Waals surface area contributed by atoms with Crippen LogP contribution in [0.1, 0.15) is 32.1 Å². The predicted molar refractivity (Wildman–Crippen MR) is 137 cm³/mol. The minimum atomic E-state index is 0.145. The van der Waals surface area contributed by atoms with Crippen LogP contribution in [0.15, 0.2) is 30.6 Å². The number of aromatic nitrogens is 2. The van der Waals surface area contributed by atoms with Crippen LogP contribution in [-0.4, -0.2) is 55.3 Å². The van der Waals surface area contributed by atoms with Crippen molar-refractivity contribution in [2.45, 2.75) is 38.2 Å². The van der Waals surface area contributed by atoms with Crippen LogP contribution in [0.2, 0.25) is 10.0 Å². The van der Waals surface area contributed by atoms with Crippen LogP contribution in [0.4, 0.5) is 11.4 Å². The van der Waals surface area contributed by atoms with E-state index in [4.69, 9.17) is 42.4 Å². The normalized spacial score (nSPS) is 14.1. The molecule has 0 aliphatic heterocycles. The third-order valence-electron chi connectivity index (χ3n) is 5.79. The molecular formula is C25H30Cl2N4O3. The Labute approximate surface area is 210 Å². The van der Waals surface area contributed by atoms with Crippen LogP contribution < -0.4 is 19.5 Å². The molecule has 0 saturated heterocycles. The van der Waals surface area contributed by atoms with Gasteiger partial charge >= 0.3 is 0 Å². The molecule has 4 rings (SSSR count). The van der Waals surface area contributed by atoms with Gasteiger partial charge in [-0.3, -0.25) is 4.98 Å². The van der Waals surface area contributed by atoms with Gasteiger partial charge in [-0.1, -0.05) is 23.2 Å². The molecule has 2 heterocycles. The molecule has 1 aromatic carbocycles. The van der Waals surface area contributed by atoms with E-state index < -0.39 is 0 Å². The molecular weight excluding hydrogens is 475 g/mol. The zero-order valence-electron chi connectivity index (χ0n) is 19.7. The molecule has 0 radical (unpaired) electrons. The SMILES string of the molecule is COc1ccc2c(Nc3c(Cl)cncc3Cl)cc(OCCCN(C)C)nc2c1OC1CCCC1. The second-order valence-corrected chi connectivity index (χ2v) is 9.45. The first kappa shape index (κ1) is 24.6. The largest absolute Gasteiger partial charge is 0.493 e. The van der Waals surface area contributed by atoms with Crippen molar-refractivity contribution >= 4 is 45.5 Å². The average molecular weight is 505 g/mol. The van der Waals surface area contributed by atoms with Crippen molar-refractivity contribution in [3.8, 4) is 17.4 Å². The van der Waals surface area contributed by atoms with Crippen molar-refractivity contribution in [2.75, 3.05) is 39.7 Å². The Morgan fingerprint density at radius 3 is 2.53 bits per heavy atom. The number of hydrogen-bond acceptors (Lipinski definition) is 7. The van der Waals surface area contributed by atoms with Gasteiger partial charge in [-0.15, -0.1) is 0 Å². The number of anilines is 2. The first-order valence-corrected chi connectivity index (χ1v) is 12.2. The molecule has 1 aliphatic rings. The van der Waals surface area contributed by atoms with Gasteiger partial charge in [0.25, 0.3) is 0 Å². The summed E-state index contributed by atoms with van der Waals surface area (Å²) in [6, 6.07) is 5.70. The molecule has 182 valence electrons. The van der Waals surface area contributed by atoms with E-state index in [0.29, 0.717) is 45.2 Å². The quantitative estimate of drug-likeness (QED) is 0.323. The molecule has 1 N–H and O–H groups in total. The summed E-state index contributed by atoms with van der Waals surface area (Å²) in [5.41, 5.74) is 1.99. The molecule has 7 nitrogen and oxygen atoms in total. The number of methoxy groups -OCH3 is 1. The van der Waals surface area contributed by atoms with Gasteiger partial charge in [-0.25, -0.2) is 4.98 Å². The first-order chi connectivity index (χ1) is 16.5. The monoisotopic (exact) mass is 504 g/mol. The van der Waals surface area contributed by atoms with Gasteiger partial charge in [0.2, 0.25) is 5.88 Å². The van der Waals surface area contributed by atoms with Crippen molar-refractivity contribution < 1.29 is 14.2 Å². The zero-order valence-corrected chi connectivity index (χ0v) is 21.2. The van der Waals surface area contributed by atoms with E-state index in [0.717, 1.165) is 49.7 Å². The van der Waals surface area contributed by atoms with Crippen molar-refractivity contribution in [2.24, 2.45) is 0 Å². The van der Waals surface area contributed by atoms with Crippen LogP contribution in [0.25, 0.3) is 10.9 Å². The third kappa shape index (κ3) is 5.77. The minimum Gasteiger partial charge on any atom is -0.493 e. The van der Waals surface area contributed by atoms with Gasteiger partial charge in [0.15, 0.2) is 11.5 Å². The zero-order chi connectivity index (χ0) is 24.1. The third-order valence-corrected chi connectivity index (χ3v) is 6.37. The van der Waals surface area contributed by atoms with E-state index in [-0.39, 0.29) is 6.10 Å². The summed E-state index contributed by atoms with van der Waals surface area (Å²) in [7, 11) is 5.72. The molecule has 2 aromatic heterocycles. The second-order valence-electron chi connectivity index (χ2n) is 8.63. The van der Waals surface area contributed by atoms with Gasteiger partial charge in [0.05, 0.1) is 41.2 Å². The Bertz CT molecular complexity index is 1120. The highest BCUT2D eigenvalue weighted by Crippen LogP contribution is 2.42. The summed E-state index contributed by atoms with van der Waals surface area (Å²) in [5.74, 6) is 1.75. The maximum atomic E-state index is 6.44. The number of rotatable bonds is 10. The standard InChI is InChI=1S/C25H30Cl2N4O3/c1-31(2)11-6-12-33-22-13-20(29-24-18(26)14-28-15-19(24)27)17-9-10-21(32-3)25(23(17)30-22)34-16-7-4-5-8-16/h9-10,13-16H,4-8,11-12H2,1-3H3,(H,28,29,30). The molecule has 34 heavy (non-hydrogen) atoms. The molecule has 1 fully saturated rings. The van der Waals surface area contributed by atoms with Crippen LogP contribution >= 0.6 is 23.2 Å². The Morgan fingerprint density at radius 2 is 1.85 bits per heavy atom. The smallest absolute Gasteiger partial charge is 0.216 e. The Kier molecular flexibility index (Phi) is 8.19. The average Bonchev–Trinajstić information content (AvgIpc) is 3.32. The number of benzene rings is 1. The van der Waals surface area contributed by atoms with E-state index in [1.165, 1.54) is 0 Å². The Hall–Kier alpha value is -2.48. The molecule has 9 heteroatoms. The summed E-state index contributed by atoms with van der Waals surface area (Å²) in [5, 5.41) is 5.04. The molecule has 0 atom stereocenters. The number of ether oxygens (including phenoxy) is 3. The number of fused-ring (bicyclic) bond motifs is 1. The molecule has 0 bridgehead atoms. The molecule has 1 saturated carbocycles. The summed E-state index contributed by atoms with van der Waals surface area (Å²) in [4.78, 5) is 11.0. The number of pyridine rings is 2. The first-order valence-electron chi connectivity index (χ1n) is 11.5. The van der Waals surface area contributed by atoms with E-state index in [1.54, 1.807) is 19.5 Å². The molecule has 0 unspecified atom stereocenters. The predicted octanol–water partition coefficient (Wildman–Crippen LogP) is 6.34.